The van der Waals surface area contributed by atoms with Gasteiger partial charge in [0.05, 0.1) is 10.7 Å². The number of rotatable bonds is 4. The highest BCUT2D eigenvalue weighted by molar-refractivity contribution is 6.30. The molecule has 0 amide bonds. The van der Waals surface area contributed by atoms with Crippen LogP contribution in [0.2, 0.25) is 5.02 Å². The molecule has 0 fully saturated rings. The zero-order chi connectivity index (χ0) is 16.1. The van der Waals surface area contributed by atoms with Crippen LogP contribution < -0.4 is 5.73 Å². The minimum absolute atomic E-state index is 0.0321. The zero-order valence-electron chi connectivity index (χ0n) is 11.6. The first kappa shape index (κ1) is 15.9. The maximum atomic E-state index is 13.4. The van der Waals surface area contributed by atoms with E-state index in [9.17, 15) is 8.78 Å². The SMILES string of the molecule is C=C(N=C(N)/C=C/c1ccc(F)cc1)c1ccc(Cl)c(F)c1. The summed E-state index contributed by atoms with van der Waals surface area (Å²) in [7, 11) is 0. The van der Waals surface area contributed by atoms with Crippen LogP contribution in [0.1, 0.15) is 11.1 Å². The molecule has 0 aliphatic heterocycles. The molecule has 0 saturated heterocycles. The molecule has 0 atom stereocenters. The Labute approximate surface area is 132 Å². The molecule has 0 saturated carbocycles. The summed E-state index contributed by atoms with van der Waals surface area (Å²) in [5, 5.41) is 0.0321. The van der Waals surface area contributed by atoms with Crippen LogP contribution in [0.3, 0.4) is 0 Å². The molecule has 0 aliphatic carbocycles. The summed E-state index contributed by atoms with van der Waals surface area (Å²) in [4.78, 5) is 4.08. The summed E-state index contributed by atoms with van der Waals surface area (Å²) in [6.07, 6.45) is 3.25. The maximum absolute atomic E-state index is 13.4. The molecule has 0 unspecified atom stereocenters. The molecule has 2 rings (SSSR count). The summed E-state index contributed by atoms with van der Waals surface area (Å²) in [5.41, 5.74) is 7.35. The van der Waals surface area contributed by atoms with E-state index in [1.54, 1.807) is 30.4 Å². The van der Waals surface area contributed by atoms with Crippen molar-refractivity contribution in [2.75, 3.05) is 0 Å². The van der Waals surface area contributed by atoms with Gasteiger partial charge in [0.15, 0.2) is 0 Å². The van der Waals surface area contributed by atoms with Crippen molar-refractivity contribution in [2.24, 2.45) is 10.7 Å². The van der Waals surface area contributed by atoms with Gasteiger partial charge >= 0.3 is 0 Å². The molecule has 22 heavy (non-hydrogen) atoms. The average molecular weight is 319 g/mol. The summed E-state index contributed by atoms with van der Waals surface area (Å²) in [6.45, 7) is 3.74. The smallest absolute Gasteiger partial charge is 0.142 e. The van der Waals surface area contributed by atoms with Crippen molar-refractivity contribution in [3.63, 3.8) is 0 Å². The first-order valence-corrected chi connectivity index (χ1v) is 6.75. The molecule has 2 N–H and O–H groups in total. The van der Waals surface area contributed by atoms with Crippen LogP contribution in [0.15, 0.2) is 60.1 Å². The summed E-state index contributed by atoms with van der Waals surface area (Å²) in [6, 6.07) is 10.2. The molecule has 0 heterocycles. The van der Waals surface area contributed by atoms with Crippen LogP contribution in [0, 0.1) is 11.6 Å². The number of aliphatic imine (C=N–C) groups is 1. The number of nitrogens with zero attached hydrogens (tertiary/aromatic N) is 1. The van der Waals surface area contributed by atoms with E-state index in [4.69, 9.17) is 17.3 Å². The third-order valence-corrected chi connectivity index (χ3v) is 3.14. The predicted octanol–water partition coefficient (Wildman–Crippen LogP) is 4.66. The lowest BCUT2D eigenvalue weighted by atomic mass is 10.1. The normalized spacial score (nSPS) is 11.9. The van der Waals surface area contributed by atoms with Gasteiger partial charge in [-0.3, -0.25) is 0 Å². The first-order chi connectivity index (χ1) is 10.5. The van der Waals surface area contributed by atoms with Crippen molar-refractivity contribution >= 4 is 29.2 Å². The predicted molar refractivity (Wildman–Crippen MR) is 87.5 cm³/mol. The zero-order valence-corrected chi connectivity index (χ0v) is 12.3. The van der Waals surface area contributed by atoms with Gasteiger partial charge in [0, 0.05) is 5.56 Å². The van der Waals surface area contributed by atoms with Gasteiger partial charge in [0.25, 0.3) is 0 Å². The third-order valence-electron chi connectivity index (χ3n) is 2.83. The number of amidine groups is 1. The lowest BCUT2D eigenvalue weighted by Gasteiger charge is -2.02. The van der Waals surface area contributed by atoms with Gasteiger partial charge in [-0.25, -0.2) is 13.8 Å². The fourth-order valence-electron chi connectivity index (χ4n) is 1.69. The van der Waals surface area contributed by atoms with Crippen LogP contribution in [0.5, 0.6) is 0 Å². The van der Waals surface area contributed by atoms with Crippen LogP contribution in [0.4, 0.5) is 8.78 Å². The molecule has 0 spiro atoms. The molecule has 2 nitrogen and oxygen atoms in total. The largest absolute Gasteiger partial charge is 0.384 e. The van der Waals surface area contributed by atoms with Crippen LogP contribution in [-0.2, 0) is 0 Å². The van der Waals surface area contributed by atoms with Crippen molar-refractivity contribution in [1.82, 2.24) is 0 Å². The highest BCUT2D eigenvalue weighted by Crippen LogP contribution is 2.20. The average Bonchev–Trinajstić information content (AvgIpc) is 2.49. The molecule has 0 aromatic heterocycles. The fraction of sp³-hybridized carbons (Fsp3) is 0. The molecule has 2 aromatic carbocycles. The molecular weight excluding hydrogens is 306 g/mol. The minimum atomic E-state index is -0.545. The monoisotopic (exact) mass is 318 g/mol. The Kier molecular flexibility index (Phi) is 5.07. The van der Waals surface area contributed by atoms with Gasteiger partial charge in [-0.15, -0.1) is 0 Å². The summed E-state index contributed by atoms with van der Waals surface area (Å²) in [5.74, 6) is -0.655. The van der Waals surface area contributed by atoms with Crippen LogP contribution in [0.25, 0.3) is 11.8 Å². The van der Waals surface area contributed by atoms with Crippen molar-refractivity contribution in [2.45, 2.75) is 0 Å². The Hall–Kier alpha value is -2.46. The molecule has 112 valence electrons. The highest BCUT2D eigenvalue weighted by atomic mass is 35.5. The molecule has 2 aromatic rings. The lowest BCUT2D eigenvalue weighted by molar-refractivity contribution is 0.627. The second-order valence-electron chi connectivity index (χ2n) is 4.50. The van der Waals surface area contributed by atoms with Gasteiger partial charge in [0.2, 0.25) is 0 Å². The second kappa shape index (κ2) is 7.00. The van der Waals surface area contributed by atoms with Crippen molar-refractivity contribution in [3.05, 3.63) is 82.9 Å². The second-order valence-corrected chi connectivity index (χ2v) is 4.90. The molecule has 0 aliphatic rings. The molecule has 0 bridgehead atoms. The number of nitrogens with two attached hydrogens (primary N) is 1. The van der Waals surface area contributed by atoms with Crippen molar-refractivity contribution in [3.8, 4) is 0 Å². The fourth-order valence-corrected chi connectivity index (χ4v) is 1.81. The highest BCUT2D eigenvalue weighted by Gasteiger charge is 2.03. The van der Waals surface area contributed by atoms with Gasteiger partial charge < -0.3 is 5.73 Å². The van der Waals surface area contributed by atoms with E-state index in [-0.39, 0.29) is 16.7 Å². The lowest BCUT2D eigenvalue weighted by Crippen LogP contribution is -2.07. The van der Waals surface area contributed by atoms with E-state index >= 15 is 0 Å². The maximum Gasteiger partial charge on any atom is 0.142 e. The Morgan fingerprint density at radius 3 is 2.45 bits per heavy atom. The van der Waals surface area contributed by atoms with Gasteiger partial charge in [0.1, 0.15) is 17.5 Å². The van der Waals surface area contributed by atoms with Gasteiger partial charge in [-0.1, -0.05) is 42.5 Å². The standard InChI is InChI=1S/C17H13ClF2N2/c1-11(13-5-8-15(18)16(20)10-13)22-17(21)9-4-12-2-6-14(19)7-3-12/h2-10H,1H2,(H2,21,22)/b9-4+. The van der Waals surface area contributed by atoms with Crippen molar-refractivity contribution in [1.29, 1.82) is 0 Å². The summed E-state index contributed by atoms with van der Waals surface area (Å²) >= 11 is 5.62. The first-order valence-electron chi connectivity index (χ1n) is 6.38. The Morgan fingerprint density at radius 2 is 1.82 bits per heavy atom. The van der Waals surface area contributed by atoms with Crippen LogP contribution >= 0.6 is 11.6 Å². The van der Waals surface area contributed by atoms with E-state index in [1.165, 1.54) is 24.3 Å². The molecule has 0 radical (unpaired) electrons. The molecule has 5 heteroatoms. The Balaban J connectivity index is 2.12. The van der Waals surface area contributed by atoms with Crippen LogP contribution in [-0.4, -0.2) is 5.84 Å². The van der Waals surface area contributed by atoms with E-state index in [1.807, 2.05) is 0 Å². The van der Waals surface area contributed by atoms with E-state index in [0.717, 1.165) is 5.56 Å². The minimum Gasteiger partial charge on any atom is -0.384 e. The number of hydrogen-bond donors (Lipinski definition) is 1. The van der Waals surface area contributed by atoms with E-state index in [2.05, 4.69) is 11.6 Å². The summed E-state index contributed by atoms with van der Waals surface area (Å²) < 4.78 is 26.2. The van der Waals surface area contributed by atoms with Gasteiger partial charge in [-0.05, 0) is 35.9 Å². The quantitative estimate of drug-likeness (QED) is 0.646. The number of benzene rings is 2. The Bertz CT molecular complexity index is 750. The topological polar surface area (TPSA) is 38.4 Å². The van der Waals surface area contributed by atoms with Crippen molar-refractivity contribution < 1.29 is 8.78 Å². The molecular formula is C17H13ClF2N2. The third kappa shape index (κ3) is 4.27. The van der Waals surface area contributed by atoms with E-state index in [0.29, 0.717) is 11.3 Å². The van der Waals surface area contributed by atoms with Gasteiger partial charge in [-0.2, -0.15) is 0 Å². The van der Waals surface area contributed by atoms with E-state index < -0.39 is 5.82 Å². The number of halogens is 3. The Morgan fingerprint density at radius 1 is 1.14 bits per heavy atom. The number of hydrogen-bond acceptors (Lipinski definition) is 1.